The Hall–Kier alpha value is -2.99. The van der Waals surface area contributed by atoms with Gasteiger partial charge >= 0.3 is 5.97 Å². The molecule has 0 N–H and O–H groups in total. The quantitative estimate of drug-likeness (QED) is 0.427. The predicted octanol–water partition coefficient (Wildman–Crippen LogP) is 4.21. The van der Waals surface area contributed by atoms with Gasteiger partial charge in [0.15, 0.2) is 6.61 Å². The molecule has 0 unspecified atom stereocenters. The number of benzene rings is 2. The molecular weight excluding hydrogens is 420 g/mol. The van der Waals surface area contributed by atoms with Crippen LogP contribution >= 0.6 is 15.9 Å². The summed E-state index contributed by atoms with van der Waals surface area (Å²) in [7, 11) is 1.67. The van der Waals surface area contributed by atoms with Gasteiger partial charge in [0.25, 0.3) is 5.91 Å². The highest BCUT2D eigenvalue weighted by Crippen LogP contribution is 2.17. The van der Waals surface area contributed by atoms with E-state index in [0.717, 1.165) is 20.9 Å². The van der Waals surface area contributed by atoms with Crippen molar-refractivity contribution in [1.82, 2.24) is 9.88 Å². The molecule has 1 amide bonds. The molecule has 3 rings (SSSR count). The molecule has 1 aromatic heterocycles. The number of amides is 1. The number of aromatic nitrogens is 1. The maximum absolute atomic E-state index is 12.2. The van der Waals surface area contributed by atoms with Gasteiger partial charge in [-0.1, -0.05) is 58.4 Å². The normalized spacial score (nSPS) is 10.9. The summed E-state index contributed by atoms with van der Waals surface area (Å²) in [6.45, 7) is 0.115. The van der Waals surface area contributed by atoms with Crippen LogP contribution in [0.3, 0.4) is 0 Å². The van der Waals surface area contributed by atoms with E-state index in [-0.39, 0.29) is 12.5 Å². The van der Waals surface area contributed by atoms with Gasteiger partial charge in [-0.2, -0.15) is 0 Å². The molecule has 6 heteroatoms. The molecule has 1 heterocycles. The Labute approximate surface area is 171 Å². The van der Waals surface area contributed by atoms with Crippen LogP contribution < -0.4 is 0 Å². The molecule has 0 aliphatic rings. The van der Waals surface area contributed by atoms with Crippen molar-refractivity contribution in [2.24, 2.45) is 0 Å². The van der Waals surface area contributed by atoms with Crippen molar-refractivity contribution >= 4 is 44.8 Å². The van der Waals surface area contributed by atoms with Crippen LogP contribution in [0.15, 0.2) is 71.2 Å². The standard InChI is InChI=1S/C22H19BrN2O3/c1-25(14-17-7-2-4-8-19(17)23)21(26)15-28-22(27)13-12-18-11-10-16-6-3-5-9-20(16)24-18/h2-13H,14-15H2,1H3/b13-12+. The van der Waals surface area contributed by atoms with Crippen molar-refractivity contribution in [1.29, 1.82) is 0 Å². The topological polar surface area (TPSA) is 59.5 Å². The van der Waals surface area contributed by atoms with Crippen LogP contribution in [-0.2, 0) is 20.9 Å². The van der Waals surface area contributed by atoms with Crippen molar-refractivity contribution < 1.29 is 14.3 Å². The van der Waals surface area contributed by atoms with E-state index >= 15 is 0 Å². The molecule has 0 aliphatic heterocycles. The number of rotatable bonds is 6. The second-order valence-electron chi connectivity index (χ2n) is 6.21. The van der Waals surface area contributed by atoms with Gasteiger partial charge in [-0.3, -0.25) is 4.79 Å². The third-order valence-electron chi connectivity index (χ3n) is 4.14. The van der Waals surface area contributed by atoms with E-state index in [1.165, 1.54) is 11.0 Å². The van der Waals surface area contributed by atoms with Crippen molar-refractivity contribution in [3.8, 4) is 0 Å². The third kappa shape index (κ3) is 5.27. The fourth-order valence-corrected chi connectivity index (χ4v) is 3.00. The summed E-state index contributed by atoms with van der Waals surface area (Å²) in [5.74, 6) is -0.862. The van der Waals surface area contributed by atoms with Crippen molar-refractivity contribution in [3.05, 3.63) is 82.5 Å². The largest absolute Gasteiger partial charge is 0.452 e. The minimum atomic E-state index is -0.586. The molecule has 28 heavy (non-hydrogen) atoms. The Morgan fingerprint density at radius 2 is 1.82 bits per heavy atom. The zero-order chi connectivity index (χ0) is 19.9. The van der Waals surface area contributed by atoms with Crippen LogP contribution in [0.25, 0.3) is 17.0 Å². The van der Waals surface area contributed by atoms with Crippen molar-refractivity contribution in [2.75, 3.05) is 13.7 Å². The van der Waals surface area contributed by atoms with Gasteiger partial charge in [0.2, 0.25) is 0 Å². The van der Waals surface area contributed by atoms with Crippen molar-refractivity contribution in [3.63, 3.8) is 0 Å². The summed E-state index contributed by atoms with van der Waals surface area (Å²) in [5, 5.41) is 1.03. The number of hydrogen-bond donors (Lipinski definition) is 0. The molecule has 0 fully saturated rings. The lowest BCUT2D eigenvalue weighted by molar-refractivity contribution is -0.147. The molecule has 0 atom stereocenters. The summed E-state index contributed by atoms with van der Waals surface area (Å²) in [4.78, 5) is 30.1. The number of carbonyl (C=O) groups excluding carboxylic acids is 2. The average Bonchev–Trinajstić information content (AvgIpc) is 2.71. The first-order valence-electron chi connectivity index (χ1n) is 8.71. The highest BCUT2D eigenvalue weighted by molar-refractivity contribution is 9.10. The first kappa shape index (κ1) is 19.8. The number of hydrogen-bond acceptors (Lipinski definition) is 4. The molecule has 0 spiro atoms. The number of pyridine rings is 1. The first-order chi connectivity index (χ1) is 13.5. The third-order valence-corrected chi connectivity index (χ3v) is 4.91. The van der Waals surface area contributed by atoms with Crippen LogP contribution in [0.4, 0.5) is 0 Å². The number of likely N-dealkylation sites (N-methyl/N-ethyl adjacent to an activating group) is 1. The lowest BCUT2D eigenvalue weighted by atomic mass is 10.2. The maximum Gasteiger partial charge on any atom is 0.331 e. The number of para-hydroxylation sites is 1. The van der Waals surface area contributed by atoms with Gasteiger partial charge in [-0.15, -0.1) is 0 Å². The lowest BCUT2D eigenvalue weighted by Gasteiger charge is -2.17. The zero-order valence-electron chi connectivity index (χ0n) is 15.3. The molecule has 0 radical (unpaired) electrons. The Bertz CT molecular complexity index is 1030. The van der Waals surface area contributed by atoms with E-state index in [9.17, 15) is 9.59 Å². The monoisotopic (exact) mass is 438 g/mol. The SMILES string of the molecule is CN(Cc1ccccc1Br)C(=O)COC(=O)/C=C/c1ccc2ccccc2n1. The highest BCUT2D eigenvalue weighted by atomic mass is 79.9. The molecule has 2 aromatic carbocycles. The number of halogens is 1. The van der Waals surface area contributed by atoms with Crippen molar-refractivity contribution in [2.45, 2.75) is 6.54 Å². The zero-order valence-corrected chi connectivity index (χ0v) is 16.9. The lowest BCUT2D eigenvalue weighted by Crippen LogP contribution is -2.30. The van der Waals surface area contributed by atoms with Crippen LogP contribution in [0.1, 0.15) is 11.3 Å². The Morgan fingerprint density at radius 3 is 2.64 bits per heavy atom. The molecule has 0 saturated heterocycles. The van der Waals surface area contributed by atoms with Gasteiger partial charge in [-0.05, 0) is 29.8 Å². The van der Waals surface area contributed by atoms with Gasteiger partial charge in [0.05, 0.1) is 11.2 Å². The Kier molecular flexibility index (Phi) is 6.55. The fourth-order valence-electron chi connectivity index (χ4n) is 2.59. The summed E-state index contributed by atoms with van der Waals surface area (Å²) in [5.41, 5.74) is 2.47. The minimum Gasteiger partial charge on any atom is -0.452 e. The molecule has 5 nitrogen and oxygen atoms in total. The maximum atomic E-state index is 12.2. The molecule has 0 aliphatic carbocycles. The molecule has 3 aromatic rings. The van der Waals surface area contributed by atoms with Crippen LogP contribution in [0.2, 0.25) is 0 Å². The number of ether oxygens (including phenoxy) is 1. The Morgan fingerprint density at radius 1 is 1.07 bits per heavy atom. The van der Waals surface area contributed by atoms with Gasteiger partial charge in [-0.25, -0.2) is 9.78 Å². The summed E-state index contributed by atoms with van der Waals surface area (Å²) in [6.07, 6.45) is 2.85. The summed E-state index contributed by atoms with van der Waals surface area (Å²) >= 11 is 3.46. The molecule has 0 bridgehead atoms. The Balaban J connectivity index is 1.52. The summed E-state index contributed by atoms with van der Waals surface area (Å²) < 4.78 is 5.97. The number of nitrogens with zero attached hydrogens (tertiary/aromatic N) is 2. The van der Waals surface area contributed by atoms with Gasteiger partial charge in [0.1, 0.15) is 0 Å². The van der Waals surface area contributed by atoms with E-state index in [1.807, 2.05) is 60.7 Å². The highest BCUT2D eigenvalue weighted by Gasteiger charge is 2.12. The van der Waals surface area contributed by atoms with E-state index in [2.05, 4.69) is 20.9 Å². The van der Waals surface area contributed by atoms with E-state index in [4.69, 9.17) is 4.74 Å². The van der Waals surface area contributed by atoms with Gasteiger partial charge in [0, 0.05) is 29.5 Å². The number of carbonyl (C=O) groups is 2. The molecule has 0 saturated carbocycles. The predicted molar refractivity (Wildman–Crippen MR) is 112 cm³/mol. The second-order valence-corrected chi connectivity index (χ2v) is 7.07. The molecular formula is C22H19BrN2O3. The molecule has 142 valence electrons. The number of fused-ring (bicyclic) bond motifs is 1. The first-order valence-corrected chi connectivity index (χ1v) is 9.50. The van der Waals surface area contributed by atoms with E-state index in [0.29, 0.717) is 12.2 Å². The van der Waals surface area contributed by atoms with E-state index < -0.39 is 5.97 Å². The fraction of sp³-hybridized carbons (Fsp3) is 0.136. The smallest absolute Gasteiger partial charge is 0.331 e. The van der Waals surface area contributed by atoms with Crippen LogP contribution in [0.5, 0.6) is 0 Å². The van der Waals surface area contributed by atoms with Crippen LogP contribution in [0, 0.1) is 0 Å². The van der Waals surface area contributed by atoms with E-state index in [1.54, 1.807) is 13.1 Å². The summed E-state index contributed by atoms with van der Waals surface area (Å²) in [6, 6.07) is 19.2. The van der Waals surface area contributed by atoms with Crippen LogP contribution in [-0.4, -0.2) is 35.4 Å². The second kappa shape index (κ2) is 9.28. The van der Waals surface area contributed by atoms with Gasteiger partial charge < -0.3 is 9.64 Å². The average molecular weight is 439 g/mol. The minimum absolute atomic E-state index is 0.277. The number of esters is 1.